The molecule has 25 heavy (non-hydrogen) atoms. The SMILES string of the molecule is C[C@@H](Sc1[nH+]c(N)c(C#N)cc1C#N)C(=O)Nc1ccc(F)cc1Cl. The van der Waals surface area contributed by atoms with Crippen LogP contribution in [0.1, 0.15) is 18.1 Å². The van der Waals surface area contributed by atoms with E-state index >= 15 is 0 Å². The fourth-order valence-electron chi connectivity index (χ4n) is 1.87. The van der Waals surface area contributed by atoms with Gasteiger partial charge in [-0.05, 0) is 31.2 Å². The van der Waals surface area contributed by atoms with Crippen LogP contribution in [0.25, 0.3) is 0 Å². The molecule has 0 bridgehead atoms. The lowest BCUT2D eigenvalue weighted by Crippen LogP contribution is -2.25. The number of hydrogen-bond donors (Lipinski definition) is 2. The van der Waals surface area contributed by atoms with Crippen LogP contribution in [-0.4, -0.2) is 11.2 Å². The van der Waals surface area contributed by atoms with E-state index in [9.17, 15) is 14.4 Å². The van der Waals surface area contributed by atoms with Crippen LogP contribution in [0.2, 0.25) is 5.02 Å². The molecule has 0 radical (unpaired) electrons. The van der Waals surface area contributed by atoms with Crippen LogP contribution < -0.4 is 16.0 Å². The Balaban J connectivity index is 2.18. The highest BCUT2D eigenvalue weighted by Crippen LogP contribution is 2.27. The van der Waals surface area contributed by atoms with E-state index in [1.807, 2.05) is 12.1 Å². The number of carbonyl (C=O) groups excluding carboxylic acids is 1. The van der Waals surface area contributed by atoms with Crippen LogP contribution in [0.4, 0.5) is 15.9 Å². The Labute approximate surface area is 152 Å². The Bertz CT molecular complexity index is 922. The molecule has 0 spiro atoms. The average Bonchev–Trinajstić information content (AvgIpc) is 2.57. The predicted molar refractivity (Wildman–Crippen MR) is 92.2 cm³/mol. The van der Waals surface area contributed by atoms with Crippen molar-refractivity contribution in [1.29, 1.82) is 10.5 Å². The molecular formula is C16H12ClFN5OS+. The number of nitriles is 2. The number of aromatic nitrogens is 1. The molecule has 0 aliphatic rings. The highest BCUT2D eigenvalue weighted by molar-refractivity contribution is 8.00. The molecule has 0 saturated heterocycles. The topological polar surface area (TPSA) is 117 Å². The number of anilines is 2. The fraction of sp³-hybridized carbons (Fsp3) is 0.125. The van der Waals surface area contributed by atoms with Gasteiger partial charge in [0.05, 0.1) is 16.0 Å². The summed E-state index contributed by atoms with van der Waals surface area (Å²) in [5.41, 5.74) is 6.35. The standard InChI is InChI=1S/C16H11ClFN5OS/c1-8(15(24)22-13-3-2-11(18)5-12(13)17)25-16-10(7-20)4-9(6-19)14(21)23-16/h2-5,8H,1H3,(H2,21,23)(H,22,24)/p+1/t8-/m1/s1. The van der Waals surface area contributed by atoms with E-state index in [1.54, 1.807) is 6.92 Å². The lowest BCUT2D eigenvalue weighted by atomic mass is 10.2. The molecule has 9 heteroatoms. The van der Waals surface area contributed by atoms with Gasteiger partial charge < -0.3 is 5.32 Å². The molecular weight excluding hydrogens is 365 g/mol. The minimum Gasteiger partial charge on any atom is -0.324 e. The van der Waals surface area contributed by atoms with Crippen LogP contribution in [0.15, 0.2) is 29.3 Å². The van der Waals surface area contributed by atoms with Crippen molar-refractivity contribution in [2.24, 2.45) is 0 Å². The van der Waals surface area contributed by atoms with E-state index in [0.29, 0.717) is 5.03 Å². The minimum atomic E-state index is -0.614. The maximum absolute atomic E-state index is 13.0. The third kappa shape index (κ3) is 4.38. The highest BCUT2D eigenvalue weighted by Gasteiger charge is 2.22. The number of nitrogens with two attached hydrogens (primary N) is 1. The zero-order valence-electron chi connectivity index (χ0n) is 12.9. The summed E-state index contributed by atoms with van der Waals surface area (Å²) in [4.78, 5) is 15.1. The van der Waals surface area contributed by atoms with Crippen LogP contribution in [0.3, 0.4) is 0 Å². The average molecular weight is 377 g/mol. The van der Waals surface area contributed by atoms with E-state index in [1.165, 1.54) is 18.2 Å². The number of nitrogens with zero attached hydrogens (tertiary/aromatic N) is 2. The second-order valence-corrected chi connectivity index (χ2v) is 6.69. The Morgan fingerprint density at radius 2 is 2.04 bits per heavy atom. The molecule has 0 unspecified atom stereocenters. The number of benzene rings is 1. The zero-order valence-corrected chi connectivity index (χ0v) is 14.5. The van der Waals surface area contributed by atoms with Crippen LogP contribution in [-0.2, 0) is 4.79 Å². The molecule has 0 aliphatic heterocycles. The number of carbonyl (C=O) groups is 1. The third-order valence-corrected chi connectivity index (χ3v) is 4.60. The molecule has 1 heterocycles. The van der Waals surface area contributed by atoms with Crippen molar-refractivity contribution in [2.75, 3.05) is 11.1 Å². The lowest BCUT2D eigenvalue weighted by molar-refractivity contribution is -0.410. The summed E-state index contributed by atoms with van der Waals surface area (Å²) in [7, 11) is 0. The number of hydrogen-bond acceptors (Lipinski definition) is 5. The number of nitrogens with one attached hydrogen (secondary N) is 2. The van der Waals surface area contributed by atoms with Crippen molar-refractivity contribution < 1.29 is 14.2 Å². The van der Waals surface area contributed by atoms with E-state index in [-0.39, 0.29) is 27.7 Å². The molecule has 2 aromatic rings. The first-order chi connectivity index (χ1) is 11.8. The summed E-state index contributed by atoms with van der Waals surface area (Å²) in [5.74, 6) is -0.788. The number of H-pyrrole nitrogens is 1. The third-order valence-electron chi connectivity index (χ3n) is 3.17. The predicted octanol–water partition coefficient (Wildman–Crippen LogP) is 2.74. The smallest absolute Gasteiger partial charge is 0.289 e. The van der Waals surface area contributed by atoms with Gasteiger partial charge in [-0.1, -0.05) is 23.4 Å². The van der Waals surface area contributed by atoms with Crippen molar-refractivity contribution in [1.82, 2.24) is 0 Å². The highest BCUT2D eigenvalue weighted by atomic mass is 35.5. The van der Waals surface area contributed by atoms with Crippen LogP contribution in [0, 0.1) is 28.5 Å². The number of rotatable bonds is 4. The monoisotopic (exact) mass is 376 g/mol. The molecule has 6 nitrogen and oxygen atoms in total. The molecule has 1 amide bonds. The van der Waals surface area contributed by atoms with Crippen molar-refractivity contribution in [2.45, 2.75) is 17.2 Å². The molecule has 0 fully saturated rings. The van der Waals surface area contributed by atoms with E-state index in [2.05, 4.69) is 10.3 Å². The number of aromatic amines is 1. The van der Waals surface area contributed by atoms with Crippen molar-refractivity contribution in [3.05, 3.63) is 46.2 Å². The Morgan fingerprint density at radius 1 is 1.36 bits per heavy atom. The van der Waals surface area contributed by atoms with E-state index in [4.69, 9.17) is 22.6 Å². The Kier molecular flexibility index (Phi) is 5.81. The zero-order chi connectivity index (χ0) is 18.6. The maximum Gasteiger partial charge on any atom is 0.289 e. The summed E-state index contributed by atoms with van der Waals surface area (Å²) in [6.07, 6.45) is 0. The number of pyridine rings is 1. The van der Waals surface area contributed by atoms with Crippen LogP contribution in [0.5, 0.6) is 0 Å². The Hall–Kier alpha value is -2.81. The molecule has 1 aromatic heterocycles. The van der Waals surface area contributed by atoms with Gasteiger partial charge in [0.25, 0.3) is 5.82 Å². The molecule has 1 aromatic carbocycles. The molecule has 1 atom stereocenters. The van der Waals surface area contributed by atoms with Gasteiger partial charge in [-0.25, -0.2) is 9.37 Å². The van der Waals surface area contributed by atoms with Gasteiger partial charge in [0, 0.05) is 0 Å². The molecule has 126 valence electrons. The van der Waals surface area contributed by atoms with Gasteiger partial charge in [-0.3, -0.25) is 10.5 Å². The number of halogens is 2. The summed E-state index contributed by atoms with van der Waals surface area (Å²) in [6, 6.07) is 8.82. The molecule has 0 aliphatic carbocycles. The fourth-order valence-corrected chi connectivity index (χ4v) is 3.00. The van der Waals surface area contributed by atoms with Gasteiger partial charge in [0.2, 0.25) is 5.91 Å². The van der Waals surface area contributed by atoms with Gasteiger partial charge in [0.15, 0.2) is 5.03 Å². The van der Waals surface area contributed by atoms with Gasteiger partial charge in [0.1, 0.15) is 29.1 Å². The summed E-state index contributed by atoms with van der Waals surface area (Å²) >= 11 is 6.95. The number of thioether (sulfide) groups is 1. The molecule has 2 rings (SSSR count). The minimum absolute atomic E-state index is 0.0810. The van der Waals surface area contributed by atoms with Gasteiger partial charge in [-0.2, -0.15) is 10.5 Å². The van der Waals surface area contributed by atoms with Crippen molar-refractivity contribution in [3.8, 4) is 12.1 Å². The van der Waals surface area contributed by atoms with Gasteiger partial charge >= 0.3 is 0 Å². The number of amides is 1. The second-order valence-electron chi connectivity index (χ2n) is 4.94. The van der Waals surface area contributed by atoms with Crippen molar-refractivity contribution >= 4 is 40.8 Å². The van der Waals surface area contributed by atoms with E-state index in [0.717, 1.165) is 17.8 Å². The van der Waals surface area contributed by atoms with Gasteiger partial charge in [-0.15, -0.1) is 0 Å². The lowest BCUT2D eigenvalue weighted by Gasteiger charge is -2.12. The van der Waals surface area contributed by atoms with Crippen molar-refractivity contribution in [3.63, 3.8) is 0 Å². The summed E-state index contributed by atoms with van der Waals surface area (Å²) in [6.45, 7) is 1.63. The second kappa shape index (κ2) is 7.84. The largest absolute Gasteiger partial charge is 0.324 e. The first-order valence-electron chi connectivity index (χ1n) is 6.94. The molecule has 4 N–H and O–H groups in total. The normalized spacial score (nSPS) is 11.2. The molecule has 0 saturated carbocycles. The van der Waals surface area contributed by atoms with E-state index < -0.39 is 17.0 Å². The number of nitrogen functional groups attached to an aromatic ring is 1. The van der Waals surface area contributed by atoms with Crippen LogP contribution >= 0.6 is 23.4 Å². The quantitative estimate of drug-likeness (QED) is 0.795. The summed E-state index contributed by atoms with van der Waals surface area (Å²) in [5, 5.41) is 20.6. The first-order valence-corrected chi connectivity index (χ1v) is 8.20. The first kappa shape index (κ1) is 18.5. The Morgan fingerprint density at radius 3 is 2.64 bits per heavy atom. The maximum atomic E-state index is 13.0. The summed E-state index contributed by atoms with van der Waals surface area (Å²) < 4.78 is 13.0.